The van der Waals surface area contributed by atoms with Gasteiger partial charge in [-0.05, 0) is 30.4 Å². The van der Waals surface area contributed by atoms with Crippen LogP contribution >= 0.6 is 0 Å². The van der Waals surface area contributed by atoms with E-state index in [-0.39, 0.29) is 11.9 Å². The van der Waals surface area contributed by atoms with Crippen LogP contribution in [-0.2, 0) is 12.8 Å². The summed E-state index contributed by atoms with van der Waals surface area (Å²) in [5, 5.41) is 12.5. The van der Waals surface area contributed by atoms with Gasteiger partial charge in [-0.2, -0.15) is 10.2 Å². The number of benzene rings is 1. The average Bonchev–Trinajstić information content (AvgIpc) is 2.90. The van der Waals surface area contributed by atoms with Crippen LogP contribution in [0.4, 0.5) is 11.8 Å². The summed E-state index contributed by atoms with van der Waals surface area (Å²) in [6, 6.07) is 10.7. The standard InChI is InChI=1S/C16H17N5/c1-2-13-12(9-17)15(18)21-16(19-13)20-14-8-7-10-5-3-4-6-11(10)14/h3-6,14H,2,7-8H2,1H3,(H3,18,19,20,21)/t14-/m1/s1. The molecule has 106 valence electrons. The molecule has 21 heavy (non-hydrogen) atoms. The van der Waals surface area contributed by atoms with Crippen LogP contribution in [0.15, 0.2) is 24.3 Å². The monoisotopic (exact) mass is 279 g/mol. The highest BCUT2D eigenvalue weighted by Crippen LogP contribution is 2.33. The second-order valence-electron chi connectivity index (χ2n) is 5.15. The fourth-order valence-electron chi connectivity index (χ4n) is 2.83. The lowest BCUT2D eigenvalue weighted by Gasteiger charge is -2.15. The summed E-state index contributed by atoms with van der Waals surface area (Å²) in [6.45, 7) is 1.96. The van der Waals surface area contributed by atoms with Gasteiger partial charge in [0.05, 0.1) is 11.7 Å². The Morgan fingerprint density at radius 3 is 2.95 bits per heavy atom. The molecule has 1 heterocycles. The maximum Gasteiger partial charge on any atom is 0.225 e. The van der Waals surface area contributed by atoms with Crippen LogP contribution < -0.4 is 11.1 Å². The van der Waals surface area contributed by atoms with Crippen LogP contribution in [0.25, 0.3) is 0 Å². The van der Waals surface area contributed by atoms with E-state index in [2.05, 4.69) is 39.6 Å². The van der Waals surface area contributed by atoms with Gasteiger partial charge < -0.3 is 11.1 Å². The molecule has 0 fully saturated rings. The second kappa shape index (κ2) is 5.41. The molecule has 3 rings (SSSR count). The van der Waals surface area contributed by atoms with Gasteiger partial charge in [0, 0.05) is 0 Å². The number of nitrogens with zero attached hydrogens (tertiary/aromatic N) is 3. The van der Waals surface area contributed by atoms with E-state index in [1.54, 1.807) is 0 Å². The van der Waals surface area contributed by atoms with E-state index in [0.29, 0.717) is 23.6 Å². The Labute approximate surface area is 123 Å². The van der Waals surface area contributed by atoms with Gasteiger partial charge in [-0.1, -0.05) is 31.2 Å². The first-order valence-corrected chi connectivity index (χ1v) is 7.13. The molecule has 0 unspecified atom stereocenters. The Bertz CT molecular complexity index is 717. The van der Waals surface area contributed by atoms with Gasteiger partial charge in [-0.15, -0.1) is 0 Å². The van der Waals surface area contributed by atoms with E-state index in [1.807, 2.05) is 13.0 Å². The third kappa shape index (κ3) is 2.40. The van der Waals surface area contributed by atoms with Gasteiger partial charge in [0.15, 0.2) is 0 Å². The van der Waals surface area contributed by atoms with Gasteiger partial charge in [0.2, 0.25) is 5.95 Å². The summed E-state index contributed by atoms with van der Waals surface area (Å²) in [7, 11) is 0. The molecule has 0 radical (unpaired) electrons. The summed E-state index contributed by atoms with van der Waals surface area (Å²) in [5.74, 6) is 0.753. The fraction of sp³-hybridized carbons (Fsp3) is 0.312. The van der Waals surface area contributed by atoms with E-state index >= 15 is 0 Å². The van der Waals surface area contributed by atoms with Crippen molar-refractivity contribution in [3.63, 3.8) is 0 Å². The summed E-state index contributed by atoms with van der Waals surface area (Å²) >= 11 is 0. The fourth-order valence-corrected chi connectivity index (χ4v) is 2.83. The molecule has 0 aliphatic heterocycles. The Morgan fingerprint density at radius 1 is 1.38 bits per heavy atom. The number of hydrogen-bond donors (Lipinski definition) is 2. The number of rotatable bonds is 3. The normalized spacial score (nSPS) is 16.3. The molecular formula is C16H17N5. The summed E-state index contributed by atoms with van der Waals surface area (Å²) < 4.78 is 0. The van der Waals surface area contributed by atoms with Crippen molar-refractivity contribution in [2.75, 3.05) is 11.1 Å². The zero-order chi connectivity index (χ0) is 14.8. The molecule has 1 aromatic carbocycles. The smallest absolute Gasteiger partial charge is 0.225 e. The zero-order valence-corrected chi connectivity index (χ0v) is 11.9. The van der Waals surface area contributed by atoms with E-state index < -0.39 is 0 Å². The largest absolute Gasteiger partial charge is 0.382 e. The molecule has 0 saturated heterocycles. The molecule has 0 spiro atoms. The minimum absolute atomic E-state index is 0.207. The lowest BCUT2D eigenvalue weighted by molar-refractivity contribution is 0.749. The second-order valence-corrected chi connectivity index (χ2v) is 5.15. The van der Waals surface area contributed by atoms with E-state index in [1.165, 1.54) is 11.1 Å². The van der Waals surface area contributed by atoms with E-state index in [0.717, 1.165) is 12.8 Å². The molecular weight excluding hydrogens is 262 g/mol. The Kier molecular flexibility index (Phi) is 3.44. The number of nitrogens with one attached hydrogen (secondary N) is 1. The molecule has 0 saturated carbocycles. The molecule has 5 heteroatoms. The van der Waals surface area contributed by atoms with E-state index in [9.17, 15) is 0 Å². The van der Waals surface area contributed by atoms with Gasteiger partial charge in [0.25, 0.3) is 0 Å². The minimum Gasteiger partial charge on any atom is -0.382 e. The number of nitriles is 1. The molecule has 1 aliphatic carbocycles. The van der Waals surface area contributed by atoms with Crippen LogP contribution in [0.1, 0.15) is 41.8 Å². The Hall–Kier alpha value is -2.61. The van der Waals surface area contributed by atoms with Crippen molar-refractivity contribution in [2.24, 2.45) is 0 Å². The average molecular weight is 279 g/mol. The maximum atomic E-state index is 9.11. The Morgan fingerprint density at radius 2 is 2.19 bits per heavy atom. The molecule has 1 aliphatic rings. The van der Waals surface area contributed by atoms with Crippen molar-refractivity contribution in [1.82, 2.24) is 9.97 Å². The lowest BCUT2D eigenvalue weighted by atomic mass is 10.1. The first-order valence-electron chi connectivity index (χ1n) is 7.13. The predicted octanol–water partition coefficient (Wildman–Crippen LogP) is 2.59. The SMILES string of the molecule is CCc1nc(N[C@@H]2CCc3ccccc32)nc(N)c1C#N. The zero-order valence-electron chi connectivity index (χ0n) is 11.9. The first kappa shape index (κ1) is 13.4. The highest BCUT2D eigenvalue weighted by atomic mass is 15.1. The lowest BCUT2D eigenvalue weighted by Crippen LogP contribution is -2.13. The van der Waals surface area contributed by atoms with Gasteiger partial charge >= 0.3 is 0 Å². The third-order valence-electron chi connectivity index (χ3n) is 3.89. The van der Waals surface area contributed by atoms with Crippen LogP contribution in [0, 0.1) is 11.3 Å². The van der Waals surface area contributed by atoms with Crippen molar-refractivity contribution in [3.05, 3.63) is 46.6 Å². The summed E-state index contributed by atoms with van der Waals surface area (Å²) in [5.41, 5.74) is 9.60. The number of anilines is 2. The third-order valence-corrected chi connectivity index (χ3v) is 3.89. The number of aryl methyl sites for hydroxylation is 2. The van der Waals surface area contributed by atoms with Crippen molar-refractivity contribution in [1.29, 1.82) is 5.26 Å². The van der Waals surface area contributed by atoms with E-state index in [4.69, 9.17) is 11.0 Å². The molecule has 0 amide bonds. The van der Waals surface area contributed by atoms with Crippen LogP contribution in [0.5, 0.6) is 0 Å². The predicted molar refractivity (Wildman–Crippen MR) is 81.7 cm³/mol. The maximum absolute atomic E-state index is 9.11. The molecule has 2 aromatic rings. The topological polar surface area (TPSA) is 87.6 Å². The van der Waals surface area contributed by atoms with Crippen molar-refractivity contribution in [2.45, 2.75) is 32.2 Å². The quantitative estimate of drug-likeness (QED) is 0.901. The number of aromatic nitrogens is 2. The Balaban J connectivity index is 1.90. The molecule has 1 atom stereocenters. The van der Waals surface area contributed by atoms with Crippen LogP contribution in [0.3, 0.4) is 0 Å². The molecule has 3 N–H and O–H groups in total. The van der Waals surface area contributed by atoms with Crippen molar-refractivity contribution < 1.29 is 0 Å². The highest BCUT2D eigenvalue weighted by molar-refractivity contribution is 5.54. The molecule has 1 aromatic heterocycles. The van der Waals surface area contributed by atoms with Crippen LogP contribution in [0.2, 0.25) is 0 Å². The number of nitrogen functional groups attached to an aromatic ring is 1. The summed E-state index contributed by atoms with van der Waals surface area (Å²) in [6.07, 6.45) is 2.73. The number of nitrogens with two attached hydrogens (primary N) is 1. The minimum atomic E-state index is 0.207. The first-order chi connectivity index (χ1) is 10.2. The van der Waals surface area contributed by atoms with Gasteiger partial charge in [0.1, 0.15) is 17.5 Å². The van der Waals surface area contributed by atoms with Crippen LogP contribution in [-0.4, -0.2) is 9.97 Å². The van der Waals surface area contributed by atoms with Crippen molar-refractivity contribution >= 4 is 11.8 Å². The molecule has 5 nitrogen and oxygen atoms in total. The van der Waals surface area contributed by atoms with Crippen molar-refractivity contribution in [3.8, 4) is 6.07 Å². The van der Waals surface area contributed by atoms with Gasteiger partial charge in [-0.25, -0.2) is 4.98 Å². The molecule has 0 bridgehead atoms. The number of hydrogen-bond acceptors (Lipinski definition) is 5. The summed E-state index contributed by atoms with van der Waals surface area (Å²) in [4.78, 5) is 8.66. The number of fused-ring (bicyclic) bond motifs is 1. The highest BCUT2D eigenvalue weighted by Gasteiger charge is 2.23. The van der Waals surface area contributed by atoms with Gasteiger partial charge in [-0.3, -0.25) is 0 Å².